The Kier molecular flexibility index (Phi) is 4.31. The van der Waals surface area contributed by atoms with E-state index in [0.717, 1.165) is 15.2 Å². The minimum absolute atomic E-state index is 0.178. The number of benzene rings is 1. The highest BCUT2D eigenvalue weighted by Gasteiger charge is 2.18. The van der Waals surface area contributed by atoms with Crippen LogP contribution in [0.25, 0.3) is 0 Å². The van der Waals surface area contributed by atoms with Gasteiger partial charge in [0.15, 0.2) is 6.21 Å². The molecule has 0 aliphatic rings. The molecule has 0 spiro atoms. The number of rotatable bonds is 5. The molecule has 1 unspecified atom stereocenters. The van der Waals surface area contributed by atoms with Crippen molar-refractivity contribution in [2.75, 3.05) is 0 Å². The normalized spacial score (nSPS) is 13.2. The highest BCUT2D eigenvalue weighted by Crippen LogP contribution is 2.25. The minimum Gasteiger partial charge on any atom is -0.623 e. The van der Waals surface area contributed by atoms with E-state index >= 15 is 0 Å². The molecule has 1 aromatic heterocycles. The van der Waals surface area contributed by atoms with Gasteiger partial charge in [-0.15, -0.1) is 17.9 Å². The largest absolute Gasteiger partial charge is 0.623 e. The molecule has 0 N–H and O–H groups in total. The van der Waals surface area contributed by atoms with Crippen LogP contribution < -0.4 is 0 Å². The second-order valence-corrected chi connectivity index (χ2v) is 4.93. The standard InChI is InChI=1S/C15H15NOS/c1-2-7-14(15-10-6-11-18-15)16(17)12-13-8-4-3-5-9-13/h2-6,8-12,14H,1,7H2. The second kappa shape index (κ2) is 6.17. The Morgan fingerprint density at radius 3 is 2.61 bits per heavy atom. The van der Waals surface area contributed by atoms with E-state index in [1.807, 2.05) is 47.8 Å². The number of hydrogen-bond acceptors (Lipinski definition) is 2. The van der Waals surface area contributed by atoms with Crippen LogP contribution in [0.3, 0.4) is 0 Å². The van der Waals surface area contributed by atoms with E-state index in [9.17, 15) is 5.21 Å². The fraction of sp³-hybridized carbons (Fsp3) is 0.133. The van der Waals surface area contributed by atoms with Crippen LogP contribution in [0.5, 0.6) is 0 Å². The van der Waals surface area contributed by atoms with Crippen LogP contribution in [0, 0.1) is 5.21 Å². The number of hydroxylamine groups is 1. The first-order chi connectivity index (χ1) is 8.81. The molecule has 92 valence electrons. The topological polar surface area (TPSA) is 26.1 Å². The van der Waals surface area contributed by atoms with E-state index in [2.05, 4.69) is 6.58 Å². The fourth-order valence-corrected chi connectivity index (χ4v) is 2.59. The van der Waals surface area contributed by atoms with Gasteiger partial charge in [0.25, 0.3) is 0 Å². The lowest BCUT2D eigenvalue weighted by molar-refractivity contribution is -0.501. The zero-order chi connectivity index (χ0) is 12.8. The van der Waals surface area contributed by atoms with Crippen LogP contribution in [0.15, 0.2) is 60.5 Å². The van der Waals surface area contributed by atoms with E-state index in [1.165, 1.54) is 0 Å². The summed E-state index contributed by atoms with van der Waals surface area (Å²) >= 11 is 1.60. The van der Waals surface area contributed by atoms with Crippen molar-refractivity contribution in [1.82, 2.24) is 0 Å². The zero-order valence-corrected chi connectivity index (χ0v) is 10.8. The molecule has 2 rings (SSSR count). The first-order valence-corrected chi connectivity index (χ1v) is 6.69. The Labute approximate surface area is 111 Å². The van der Waals surface area contributed by atoms with Gasteiger partial charge in [-0.3, -0.25) is 0 Å². The Bertz CT molecular complexity index is 517. The molecule has 0 amide bonds. The summed E-state index contributed by atoms with van der Waals surface area (Å²) in [6.45, 7) is 3.72. The van der Waals surface area contributed by atoms with E-state index in [1.54, 1.807) is 23.6 Å². The van der Waals surface area contributed by atoms with Gasteiger partial charge < -0.3 is 5.21 Å². The molecule has 0 aliphatic heterocycles. The summed E-state index contributed by atoms with van der Waals surface area (Å²) in [6, 6.07) is 13.4. The van der Waals surface area contributed by atoms with Gasteiger partial charge in [0, 0.05) is 12.0 Å². The summed E-state index contributed by atoms with van der Waals surface area (Å²) in [5.74, 6) is 0. The molecule has 3 heteroatoms. The highest BCUT2D eigenvalue weighted by atomic mass is 32.1. The predicted molar refractivity (Wildman–Crippen MR) is 77.1 cm³/mol. The fourth-order valence-electron chi connectivity index (χ4n) is 1.76. The van der Waals surface area contributed by atoms with Crippen molar-refractivity contribution < 1.29 is 4.74 Å². The molecule has 0 aliphatic carbocycles. The van der Waals surface area contributed by atoms with Crippen LogP contribution in [-0.4, -0.2) is 11.0 Å². The third-order valence-electron chi connectivity index (χ3n) is 2.64. The average Bonchev–Trinajstić information content (AvgIpc) is 2.90. The minimum atomic E-state index is -0.178. The van der Waals surface area contributed by atoms with Crippen LogP contribution in [-0.2, 0) is 0 Å². The van der Waals surface area contributed by atoms with Crippen LogP contribution in [0.4, 0.5) is 0 Å². The maximum absolute atomic E-state index is 12.2. The molecule has 2 nitrogen and oxygen atoms in total. The van der Waals surface area contributed by atoms with Gasteiger partial charge in [0.2, 0.25) is 6.04 Å². The summed E-state index contributed by atoms with van der Waals surface area (Å²) in [5, 5.41) is 14.2. The van der Waals surface area contributed by atoms with Gasteiger partial charge in [0.1, 0.15) is 0 Å². The molecule has 2 aromatic rings. The van der Waals surface area contributed by atoms with Gasteiger partial charge in [-0.25, -0.2) is 4.74 Å². The van der Waals surface area contributed by atoms with Crippen LogP contribution in [0.1, 0.15) is 22.9 Å². The van der Waals surface area contributed by atoms with Gasteiger partial charge in [-0.05, 0) is 23.6 Å². The SMILES string of the molecule is C=CCC(c1cccs1)[N+]([O-])=Cc1ccccc1. The first kappa shape index (κ1) is 12.6. The van der Waals surface area contributed by atoms with Crippen LogP contribution >= 0.6 is 11.3 Å². The van der Waals surface area contributed by atoms with Crippen molar-refractivity contribution in [2.24, 2.45) is 0 Å². The second-order valence-electron chi connectivity index (χ2n) is 3.96. The van der Waals surface area contributed by atoms with Crippen molar-refractivity contribution in [3.63, 3.8) is 0 Å². The Balaban J connectivity index is 2.26. The molecule has 0 radical (unpaired) electrons. The molecule has 1 atom stereocenters. The summed E-state index contributed by atoms with van der Waals surface area (Å²) < 4.78 is 1.02. The molecule has 18 heavy (non-hydrogen) atoms. The Morgan fingerprint density at radius 2 is 2.00 bits per heavy atom. The first-order valence-electron chi connectivity index (χ1n) is 5.81. The molecular weight excluding hydrogens is 242 g/mol. The molecule has 0 saturated carbocycles. The number of hydrogen-bond donors (Lipinski definition) is 0. The van der Waals surface area contributed by atoms with Gasteiger partial charge >= 0.3 is 0 Å². The van der Waals surface area contributed by atoms with Crippen molar-refractivity contribution >= 4 is 17.6 Å². The highest BCUT2D eigenvalue weighted by molar-refractivity contribution is 7.10. The van der Waals surface area contributed by atoms with Gasteiger partial charge in [0.05, 0.1) is 4.88 Å². The van der Waals surface area contributed by atoms with E-state index in [0.29, 0.717) is 6.42 Å². The Hall–Kier alpha value is -1.87. The Morgan fingerprint density at radius 1 is 1.22 bits per heavy atom. The van der Waals surface area contributed by atoms with Crippen molar-refractivity contribution in [3.05, 3.63) is 76.1 Å². The third kappa shape index (κ3) is 3.08. The zero-order valence-electron chi connectivity index (χ0n) is 10.0. The molecule has 0 bridgehead atoms. The summed E-state index contributed by atoms with van der Waals surface area (Å²) in [5.41, 5.74) is 0.915. The average molecular weight is 257 g/mol. The quantitative estimate of drug-likeness (QED) is 0.261. The van der Waals surface area contributed by atoms with E-state index in [4.69, 9.17) is 0 Å². The van der Waals surface area contributed by atoms with Crippen molar-refractivity contribution in [3.8, 4) is 0 Å². The van der Waals surface area contributed by atoms with Gasteiger partial charge in [-0.1, -0.05) is 30.3 Å². The van der Waals surface area contributed by atoms with Crippen molar-refractivity contribution in [1.29, 1.82) is 0 Å². The lowest BCUT2D eigenvalue weighted by Crippen LogP contribution is -2.13. The number of nitrogens with zero attached hydrogens (tertiary/aromatic N) is 1. The maximum atomic E-state index is 12.2. The number of thiophene rings is 1. The van der Waals surface area contributed by atoms with Gasteiger partial charge in [-0.2, -0.15) is 0 Å². The molecule has 1 aromatic carbocycles. The maximum Gasteiger partial charge on any atom is 0.200 e. The lowest BCUT2D eigenvalue weighted by Gasteiger charge is -2.14. The third-order valence-corrected chi connectivity index (χ3v) is 3.62. The summed E-state index contributed by atoms with van der Waals surface area (Å²) in [7, 11) is 0. The van der Waals surface area contributed by atoms with Crippen LogP contribution in [0.2, 0.25) is 0 Å². The summed E-state index contributed by atoms with van der Waals surface area (Å²) in [4.78, 5) is 1.07. The molecule has 1 heterocycles. The van der Waals surface area contributed by atoms with Crippen molar-refractivity contribution in [2.45, 2.75) is 12.5 Å². The summed E-state index contributed by atoms with van der Waals surface area (Å²) in [6.07, 6.45) is 4.06. The predicted octanol–water partition coefficient (Wildman–Crippen LogP) is 3.99. The lowest BCUT2D eigenvalue weighted by atomic mass is 10.1. The molecular formula is C15H15NOS. The van der Waals surface area contributed by atoms with E-state index < -0.39 is 0 Å². The monoisotopic (exact) mass is 257 g/mol. The van der Waals surface area contributed by atoms with E-state index in [-0.39, 0.29) is 6.04 Å². The molecule has 0 saturated heterocycles. The molecule has 0 fully saturated rings. The smallest absolute Gasteiger partial charge is 0.200 e.